The van der Waals surface area contributed by atoms with Crippen LogP contribution < -0.4 is 5.32 Å². The molecule has 1 aliphatic carbocycles. The van der Waals surface area contributed by atoms with E-state index in [-0.39, 0.29) is 5.91 Å². The first-order valence-corrected chi connectivity index (χ1v) is 6.69. The Morgan fingerprint density at radius 1 is 1.39 bits per heavy atom. The van der Waals surface area contributed by atoms with Crippen LogP contribution in [0.3, 0.4) is 0 Å². The minimum atomic E-state index is -0.196. The Labute approximate surface area is 108 Å². The van der Waals surface area contributed by atoms with E-state index in [4.69, 9.17) is 4.52 Å². The number of carbonyl (C=O) groups excluding carboxylic acids is 1. The van der Waals surface area contributed by atoms with Gasteiger partial charge in [0, 0.05) is 4.88 Å². The van der Waals surface area contributed by atoms with Gasteiger partial charge >= 0.3 is 0 Å². The van der Waals surface area contributed by atoms with Crippen LogP contribution in [0.25, 0.3) is 0 Å². The van der Waals surface area contributed by atoms with Gasteiger partial charge in [0.05, 0.1) is 11.4 Å². The minimum Gasteiger partial charge on any atom is -0.361 e. The lowest BCUT2D eigenvalue weighted by Gasteiger charge is -2.00. The second kappa shape index (κ2) is 4.20. The van der Waals surface area contributed by atoms with Gasteiger partial charge in [-0.15, -0.1) is 11.3 Å². The standard InChI is InChI=1S/C12H13N3O2S/c1-6-10(7(2)17-15-6)11(16)14-12-13-8-4-3-5-9(8)18-12/h3-5H2,1-2H3,(H,13,14,16). The second-order valence-electron chi connectivity index (χ2n) is 4.40. The summed E-state index contributed by atoms with van der Waals surface area (Å²) in [6.45, 7) is 3.49. The summed E-state index contributed by atoms with van der Waals surface area (Å²) in [4.78, 5) is 17.8. The zero-order valence-electron chi connectivity index (χ0n) is 10.2. The van der Waals surface area contributed by atoms with Gasteiger partial charge in [0.25, 0.3) is 5.91 Å². The average Bonchev–Trinajstić information content (AvgIpc) is 2.93. The topological polar surface area (TPSA) is 68.0 Å². The molecule has 2 aromatic heterocycles. The molecule has 0 fully saturated rings. The molecule has 18 heavy (non-hydrogen) atoms. The van der Waals surface area contributed by atoms with Crippen molar-refractivity contribution in [2.24, 2.45) is 0 Å². The zero-order chi connectivity index (χ0) is 12.7. The molecule has 5 nitrogen and oxygen atoms in total. The molecule has 0 saturated heterocycles. The third-order valence-corrected chi connectivity index (χ3v) is 4.15. The molecule has 2 aromatic rings. The van der Waals surface area contributed by atoms with Crippen LogP contribution >= 0.6 is 11.3 Å². The number of aromatic nitrogens is 2. The monoisotopic (exact) mass is 263 g/mol. The Morgan fingerprint density at radius 2 is 2.22 bits per heavy atom. The smallest absolute Gasteiger partial charge is 0.262 e. The maximum atomic E-state index is 12.1. The van der Waals surface area contributed by atoms with E-state index in [1.807, 2.05) is 0 Å². The van der Waals surface area contributed by atoms with E-state index in [0.717, 1.165) is 18.5 Å². The lowest BCUT2D eigenvalue weighted by molar-refractivity contribution is 0.102. The molecule has 0 bridgehead atoms. The van der Waals surface area contributed by atoms with Crippen LogP contribution in [0.1, 0.15) is 38.8 Å². The van der Waals surface area contributed by atoms with Gasteiger partial charge in [-0.05, 0) is 33.1 Å². The van der Waals surface area contributed by atoms with E-state index in [9.17, 15) is 4.79 Å². The van der Waals surface area contributed by atoms with Crippen LogP contribution in [-0.2, 0) is 12.8 Å². The first-order chi connectivity index (χ1) is 8.65. The van der Waals surface area contributed by atoms with Crippen molar-refractivity contribution in [3.63, 3.8) is 0 Å². The fraction of sp³-hybridized carbons (Fsp3) is 0.417. The van der Waals surface area contributed by atoms with Crippen molar-refractivity contribution in [2.75, 3.05) is 5.32 Å². The summed E-state index contributed by atoms with van der Waals surface area (Å²) in [6, 6.07) is 0. The molecular weight excluding hydrogens is 250 g/mol. The summed E-state index contributed by atoms with van der Waals surface area (Å²) >= 11 is 1.57. The fourth-order valence-electron chi connectivity index (χ4n) is 2.21. The molecule has 2 heterocycles. The number of aryl methyl sites for hydroxylation is 4. The van der Waals surface area contributed by atoms with Crippen molar-refractivity contribution in [1.82, 2.24) is 10.1 Å². The number of amides is 1. The van der Waals surface area contributed by atoms with E-state index in [2.05, 4.69) is 15.5 Å². The number of hydrogen-bond donors (Lipinski definition) is 1. The molecule has 0 unspecified atom stereocenters. The molecule has 1 aliphatic rings. The summed E-state index contributed by atoms with van der Waals surface area (Å²) in [6.07, 6.45) is 3.27. The number of anilines is 1. The normalized spacial score (nSPS) is 13.7. The van der Waals surface area contributed by atoms with Crippen molar-refractivity contribution in [3.8, 4) is 0 Å². The summed E-state index contributed by atoms with van der Waals surface area (Å²) in [5, 5.41) is 7.27. The second-order valence-corrected chi connectivity index (χ2v) is 5.48. The number of nitrogens with zero attached hydrogens (tertiary/aromatic N) is 2. The van der Waals surface area contributed by atoms with Crippen LogP contribution in [0.2, 0.25) is 0 Å². The zero-order valence-corrected chi connectivity index (χ0v) is 11.1. The Hall–Kier alpha value is -1.69. The highest BCUT2D eigenvalue weighted by atomic mass is 32.1. The highest BCUT2D eigenvalue weighted by Gasteiger charge is 2.21. The van der Waals surface area contributed by atoms with E-state index >= 15 is 0 Å². The van der Waals surface area contributed by atoms with E-state index < -0.39 is 0 Å². The van der Waals surface area contributed by atoms with Gasteiger partial charge in [0.1, 0.15) is 11.3 Å². The molecule has 1 N–H and O–H groups in total. The highest BCUT2D eigenvalue weighted by Crippen LogP contribution is 2.30. The number of fused-ring (bicyclic) bond motifs is 1. The SMILES string of the molecule is Cc1noc(C)c1C(=O)Nc1nc2c(s1)CCC2. The van der Waals surface area contributed by atoms with E-state index in [1.165, 1.54) is 11.3 Å². The number of thiazole rings is 1. The third-order valence-electron chi connectivity index (χ3n) is 3.08. The number of nitrogens with one attached hydrogen (secondary N) is 1. The van der Waals surface area contributed by atoms with Crippen molar-refractivity contribution in [3.05, 3.63) is 27.6 Å². The van der Waals surface area contributed by atoms with Gasteiger partial charge in [-0.2, -0.15) is 0 Å². The molecule has 3 rings (SSSR count). The van der Waals surface area contributed by atoms with Crippen molar-refractivity contribution >= 4 is 22.4 Å². The predicted molar refractivity (Wildman–Crippen MR) is 68.1 cm³/mol. The predicted octanol–water partition coefficient (Wildman–Crippen LogP) is 2.49. The highest BCUT2D eigenvalue weighted by molar-refractivity contribution is 7.16. The molecule has 0 radical (unpaired) electrons. The van der Waals surface area contributed by atoms with Gasteiger partial charge < -0.3 is 4.52 Å². The minimum absolute atomic E-state index is 0.196. The van der Waals surface area contributed by atoms with Crippen molar-refractivity contribution in [2.45, 2.75) is 33.1 Å². The Morgan fingerprint density at radius 3 is 2.89 bits per heavy atom. The van der Waals surface area contributed by atoms with Crippen LogP contribution in [0.4, 0.5) is 5.13 Å². The van der Waals surface area contributed by atoms with Gasteiger partial charge in [-0.3, -0.25) is 10.1 Å². The molecule has 6 heteroatoms. The van der Waals surface area contributed by atoms with Crippen LogP contribution in [-0.4, -0.2) is 16.0 Å². The summed E-state index contributed by atoms with van der Waals surface area (Å²) < 4.78 is 4.99. The molecular formula is C12H13N3O2S. The van der Waals surface area contributed by atoms with Crippen molar-refractivity contribution < 1.29 is 9.32 Å². The van der Waals surface area contributed by atoms with Crippen LogP contribution in [0.5, 0.6) is 0 Å². The van der Waals surface area contributed by atoms with Crippen molar-refractivity contribution in [1.29, 1.82) is 0 Å². The summed E-state index contributed by atoms with van der Waals surface area (Å²) in [5.74, 6) is 0.341. The molecule has 0 atom stereocenters. The Balaban J connectivity index is 1.82. The van der Waals surface area contributed by atoms with E-state index in [0.29, 0.717) is 22.1 Å². The third kappa shape index (κ3) is 1.82. The quantitative estimate of drug-likeness (QED) is 0.903. The van der Waals surface area contributed by atoms with Gasteiger partial charge in [0.15, 0.2) is 5.13 Å². The molecule has 0 saturated carbocycles. The largest absolute Gasteiger partial charge is 0.361 e. The molecule has 0 spiro atoms. The summed E-state index contributed by atoms with van der Waals surface area (Å²) in [7, 11) is 0. The van der Waals surface area contributed by atoms with Gasteiger partial charge in [0.2, 0.25) is 0 Å². The van der Waals surface area contributed by atoms with E-state index in [1.54, 1.807) is 25.2 Å². The number of rotatable bonds is 2. The lowest BCUT2D eigenvalue weighted by Crippen LogP contribution is -2.13. The lowest BCUT2D eigenvalue weighted by atomic mass is 10.2. The molecule has 94 valence electrons. The summed E-state index contributed by atoms with van der Waals surface area (Å²) in [5.41, 5.74) is 2.24. The first-order valence-electron chi connectivity index (χ1n) is 5.88. The molecule has 0 aromatic carbocycles. The number of hydrogen-bond acceptors (Lipinski definition) is 5. The molecule has 0 aliphatic heterocycles. The van der Waals surface area contributed by atoms with Gasteiger partial charge in [-0.25, -0.2) is 4.98 Å². The van der Waals surface area contributed by atoms with Crippen LogP contribution in [0.15, 0.2) is 4.52 Å². The van der Waals surface area contributed by atoms with Crippen LogP contribution in [0, 0.1) is 13.8 Å². The Kier molecular flexibility index (Phi) is 2.66. The average molecular weight is 263 g/mol. The number of carbonyl (C=O) groups is 1. The Bertz CT molecular complexity index is 574. The fourth-order valence-corrected chi connectivity index (χ4v) is 3.26. The molecule has 1 amide bonds. The maximum Gasteiger partial charge on any atom is 0.262 e. The first kappa shape index (κ1) is 11.4. The van der Waals surface area contributed by atoms with Gasteiger partial charge in [-0.1, -0.05) is 5.16 Å². The maximum absolute atomic E-state index is 12.1.